The van der Waals surface area contributed by atoms with Crippen LogP contribution in [0.25, 0.3) is 11.3 Å². The van der Waals surface area contributed by atoms with Crippen molar-refractivity contribution in [3.63, 3.8) is 0 Å². The molecule has 0 aliphatic carbocycles. The maximum absolute atomic E-state index is 12.7. The monoisotopic (exact) mass is 469 g/mol. The number of thiazole rings is 1. The van der Waals surface area contributed by atoms with E-state index >= 15 is 0 Å². The molecule has 0 spiro atoms. The molecule has 33 heavy (non-hydrogen) atoms. The standard InChI is InChI=1S/C24H27N3O5S/c1-4-32-23(29)15-27(13-17-8-6-5-7-9-17)14-22(28)26-24-25-20(16-33-24)19-11-10-18(30-2)12-21(19)31-3/h5-12,16H,4,13-15H2,1-3H3,(H,25,26,28). The summed E-state index contributed by atoms with van der Waals surface area (Å²) in [7, 11) is 3.17. The summed E-state index contributed by atoms with van der Waals surface area (Å²) in [5.74, 6) is 0.669. The van der Waals surface area contributed by atoms with Crippen LogP contribution in [-0.4, -0.2) is 55.7 Å². The number of nitrogens with zero attached hydrogens (tertiary/aromatic N) is 2. The van der Waals surface area contributed by atoms with E-state index in [9.17, 15) is 9.59 Å². The Labute approximate surface area is 197 Å². The van der Waals surface area contributed by atoms with Crippen LogP contribution in [0.5, 0.6) is 11.5 Å². The molecule has 0 bridgehead atoms. The molecule has 174 valence electrons. The molecule has 0 aliphatic rings. The Morgan fingerprint density at radius 2 is 1.85 bits per heavy atom. The number of carbonyl (C=O) groups excluding carboxylic acids is 2. The first-order chi connectivity index (χ1) is 16.0. The van der Waals surface area contributed by atoms with Crippen molar-refractivity contribution in [1.82, 2.24) is 9.88 Å². The highest BCUT2D eigenvalue weighted by Gasteiger charge is 2.18. The first-order valence-corrected chi connectivity index (χ1v) is 11.3. The van der Waals surface area contributed by atoms with Crippen molar-refractivity contribution in [3.05, 3.63) is 59.5 Å². The SMILES string of the molecule is CCOC(=O)CN(CC(=O)Nc1nc(-c2ccc(OC)cc2OC)cs1)Cc1ccccc1. The second-order valence-electron chi connectivity index (χ2n) is 7.09. The van der Waals surface area contributed by atoms with Crippen LogP contribution in [0.1, 0.15) is 12.5 Å². The van der Waals surface area contributed by atoms with Gasteiger partial charge >= 0.3 is 5.97 Å². The molecule has 0 saturated heterocycles. The minimum Gasteiger partial charge on any atom is -0.497 e. The van der Waals surface area contributed by atoms with E-state index in [1.807, 2.05) is 47.8 Å². The van der Waals surface area contributed by atoms with Crippen LogP contribution in [-0.2, 0) is 20.9 Å². The van der Waals surface area contributed by atoms with Crippen LogP contribution < -0.4 is 14.8 Å². The molecule has 1 heterocycles. The fourth-order valence-corrected chi connectivity index (χ4v) is 3.95. The number of methoxy groups -OCH3 is 2. The Hall–Kier alpha value is -3.43. The molecule has 0 atom stereocenters. The zero-order valence-electron chi connectivity index (χ0n) is 18.9. The summed E-state index contributed by atoms with van der Waals surface area (Å²) >= 11 is 1.31. The Bertz CT molecular complexity index is 1070. The number of anilines is 1. The van der Waals surface area contributed by atoms with E-state index in [-0.39, 0.29) is 25.0 Å². The molecular weight excluding hydrogens is 442 g/mol. The molecule has 3 aromatic rings. The molecule has 1 N–H and O–H groups in total. The van der Waals surface area contributed by atoms with E-state index in [4.69, 9.17) is 14.2 Å². The fourth-order valence-electron chi connectivity index (χ4n) is 3.23. The number of aromatic nitrogens is 1. The van der Waals surface area contributed by atoms with Gasteiger partial charge in [-0.2, -0.15) is 0 Å². The van der Waals surface area contributed by atoms with Crippen molar-refractivity contribution in [2.24, 2.45) is 0 Å². The number of rotatable bonds is 11. The van der Waals surface area contributed by atoms with Crippen molar-refractivity contribution in [2.45, 2.75) is 13.5 Å². The molecule has 9 heteroatoms. The van der Waals surface area contributed by atoms with Gasteiger partial charge in [0, 0.05) is 23.6 Å². The molecular formula is C24H27N3O5S. The number of esters is 1. The van der Waals surface area contributed by atoms with Gasteiger partial charge < -0.3 is 19.5 Å². The largest absolute Gasteiger partial charge is 0.497 e. The predicted octanol–water partition coefficient (Wildman–Crippen LogP) is 3.83. The summed E-state index contributed by atoms with van der Waals surface area (Å²) in [6.45, 7) is 2.53. The third-order valence-corrected chi connectivity index (χ3v) is 5.47. The Kier molecular flexibility index (Phi) is 8.79. The van der Waals surface area contributed by atoms with Gasteiger partial charge in [0.25, 0.3) is 0 Å². The number of amides is 1. The van der Waals surface area contributed by atoms with Gasteiger partial charge in [-0.3, -0.25) is 14.5 Å². The first-order valence-electron chi connectivity index (χ1n) is 10.4. The van der Waals surface area contributed by atoms with Crippen molar-refractivity contribution < 1.29 is 23.8 Å². The van der Waals surface area contributed by atoms with E-state index in [2.05, 4.69) is 10.3 Å². The van der Waals surface area contributed by atoms with Crippen molar-refractivity contribution >= 4 is 28.3 Å². The van der Waals surface area contributed by atoms with Gasteiger partial charge in [0.1, 0.15) is 11.5 Å². The van der Waals surface area contributed by atoms with E-state index in [1.165, 1.54) is 11.3 Å². The van der Waals surface area contributed by atoms with Gasteiger partial charge in [-0.05, 0) is 24.6 Å². The average Bonchev–Trinajstić information content (AvgIpc) is 3.27. The lowest BCUT2D eigenvalue weighted by atomic mass is 10.1. The van der Waals surface area contributed by atoms with Gasteiger partial charge in [-0.1, -0.05) is 30.3 Å². The van der Waals surface area contributed by atoms with E-state index in [0.29, 0.717) is 35.5 Å². The number of hydrogen-bond donors (Lipinski definition) is 1. The van der Waals surface area contributed by atoms with E-state index in [0.717, 1.165) is 11.1 Å². The maximum Gasteiger partial charge on any atom is 0.320 e. The lowest BCUT2D eigenvalue weighted by Gasteiger charge is -2.20. The summed E-state index contributed by atoms with van der Waals surface area (Å²) in [4.78, 5) is 31.0. The smallest absolute Gasteiger partial charge is 0.320 e. The molecule has 1 aromatic heterocycles. The van der Waals surface area contributed by atoms with Gasteiger partial charge in [0.15, 0.2) is 5.13 Å². The number of hydrogen-bond acceptors (Lipinski definition) is 8. The maximum atomic E-state index is 12.7. The first kappa shape index (κ1) is 24.2. The highest BCUT2D eigenvalue weighted by molar-refractivity contribution is 7.14. The molecule has 3 rings (SSSR count). The van der Waals surface area contributed by atoms with Gasteiger partial charge in [0.2, 0.25) is 5.91 Å². The molecule has 1 amide bonds. The summed E-state index contributed by atoms with van der Waals surface area (Å²) < 4.78 is 15.7. The third-order valence-electron chi connectivity index (χ3n) is 4.71. The second kappa shape index (κ2) is 12.0. The van der Waals surface area contributed by atoms with Crippen LogP contribution >= 0.6 is 11.3 Å². The zero-order valence-corrected chi connectivity index (χ0v) is 19.7. The van der Waals surface area contributed by atoms with E-state index < -0.39 is 0 Å². The fraction of sp³-hybridized carbons (Fsp3) is 0.292. The molecule has 2 aromatic carbocycles. The summed E-state index contributed by atoms with van der Waals surface area (Å²) in [6.07, 6.45) is 0. The number of nitrogens with one attached hydrogen (secondary N) is 1. The predicted molar refractivity (Wildman–Crippen MR) is 128 cm³/mol. The average molecular weight is 470 g/mol. The molecule has 0 fully saturated rings. The number of ether oxygens (including phenoxy) is 3. The lowest BCUT2D eigenvalue weighted by molar-refractivity contribution is -0.144. The molecule has 0 unspecified atom stereocenters. The topological polar surface area (TPSA) is 90.0 Å². The molecule has 0 radical (unpaired) electrons. The zero-order chi connectivity index (χ0) is 23.6. The number of carbonyl (C=O) groups is 2. The minimum atomic E-state index is -0.371. The van der Waals surface area contributed by atoms with Crippen molar-refractivity contribution in [1.29, 1.82) is 0 Å². The minimum absolute atomic E-state index is 0.0162. The number of benzene rings is 2. The van der Waals surface area contributed by atoms with Gasteiger partial charge in [0.05, 0.1) is 39.6 Å². The van der Waals surface area contributed by atoms with Crippen LogP contribution in [0.2, 0.25) is 0 Å². The van der Waals surface area contributed by atoms with Gasteiger partial charge in [-0.25, -0.2) is 4.98 Å². The quantitative estimate of drug-likeness (QED) is 0.427. The van der Waals surface area contributed by atoms with Crippen LogP contribution in [0.15, 0.2) is 53.9 Å². The van der Waals surface area contributed by atoms with E-state index in [1.54, 1.807) is 32.1 Å². The Morgan fingerprint density at radius 3 is 2.55 bits per heavy atom. The van der Waals surface area contributed by atoms with Crippen molar-refractivity contribution in [3.8, 4) is 22.8 Å². The highest BCUT2D eigenvalue weighted by Crippen LogP contribution is 2.34. The Balaban J connectivity index is 1.68. The second-order valence-corrected chi connectivity index (χ2v) is 7.95. The Morgan fingerprint density at radius 1 is 1.06 bits per heavy atom. The van der Waals surface area contributed by atoms with Gasteiger partial charge in [-0.15, -0.1) is 11.3 Å². The molecule has 0 aliphatic heterocycles. The summed E-state index contributed by atoms with van der Waals surface area (Å²) in [5, 5.41) is 5.13. The third kappa shape index (κ3) is 7.03. The molecule has 8 nitrogen and oxygen atoms in total. The summed E-state index contributed by atoms with van der Waals surface area (Å²) in [5.41, 5.74) is 2.48. The lowest BCUT2D eigenvalue weighted by Crippen LogP contribution is -2.37. The van der Waals surface area contributed by atoms with Crippen LogP contribution in [0.3, 0.4) is 0 Å². The molecule has 0 saturated carbocycles. The highest BCUT2D eigenvalue weighted by atomic mass is 32.1. The van der Waals surface area contributed by atoms with Crippen molar-refractivity contribution in [2.75, 3.05) is 39.2 Å². The summed E-state index contributed by atoms with van der Waals surface area (Å²) in [6, 6.07) is 15.1. The van der Waals surface area contributed by atoms with Crippen LogP contribution in [0.4, 0.5) is 5.13 Å². The van der Waals surface area contributed by atoms with Crippen LogP contribution in [0, 0.1) is 0 Å². The normalized spacial score (nSPS) is 10.7.